The van der Waals surface area contributed by atoms with Crippen molar-refractivity contribution in [3.8, 4) is 0 Å². The highest BCUT2D eigenvalue weighted by Gasteiger charge is 2.22. The Kier molecular flexibility index (Phi) is 5.35. The van der Waals surface area contributed by atoms with E-state index in [2.05, 4.69) is 69.4 Å². The molecule has 0 fully saturated rings. The monoisotopic (exact) mass is 284 g/mol. The van der Waals surface area contributed by atoms with Gasteiger partial charge in [0.25, 0.3) is 0 Å². The molecule has 0 radical (unpaired) electrons. The number of hydrogen-bond acceptors (Lipinski definition) is 2. The Morgan fingerprint density at radius 2 is 1.90 bits per heavy atom. The molecule has 0 aliphatic rings. The molecule has 2 nitrogen and oxygen atoms in total. The summed E-state index contributed by atoms with van der Waals surface area (Å²) in [5, 5.41) is 4.80. The summed E-state index contributed by atoms with van der Waals surface area (Å²) in [4.78, 5) is 4.81. The number of aromatic nitrogens is 1. The van der Waals surface area contributed by atoms with E-state index in [0.29, 0.717) is 6.04 Å². The zero-order valence-electron chi connectivity index (χ0n) is 13.8. The lowest BCUT2D eigenvalue weighted by molar-refractivity contribution is 0.285. The first-order valence-corrected chi connectivity index (χ1v) is 8.08. The van der Waals surface area contributed by atoms with Crippen LogP contribution in [-0.4, -0.2) is 17.6 Å². The maximum Gasteiger partial charge on any atom is 0.0705 e. The van der Waals surface area contributed by atoms with Gasteiger partial charge in [-0.1, -0.05) is 45.0 Å². The van der Waals surface area contributed by atoms with Gasteiger partial charge in [-0.2, -0.15) is 0 Å². The molecule has 21 heavy (non-hydrogen) atoms. The van der Waals surface area contributed by atoms with Crippen molar-refractivity contribution in [1.82, 2.24) is 10.3 Å². The molecule has 0 aliphatic carbocycles. The average Bonchev–Trinajstić information content (AvgIpc) is 2.44. The van der Waals surface area contributed by atoms with Gasteiger partial charge in [0.2, 0.25) is 0 Å². The molecular weight excluding hydrogens is 256 g/mol. The van der Waals surface area contributed by atoms with E-state index in [-0.39, 0.29) is 5.41 Å². The molecule has 0 saturated carbocycles. The average molecular weight is 284 g/mol. The maximum absolute atomic E-state index is 4.81. The van der Waals surface area contributed by atoms with E-state index < -0.39 is 0 Å². The van der Waals surface area contributed by atoms with Crippen LogP contribution in [0, 0.1) is 5.41 Å². The molecule has 2 rings (SSSR count). The fourth-order valence-corrected chi connectivity index (χ4v) is 3.06. The molecule has 1 N–H and O–H groups in total. The van der Waals surface area contributed by atoms with Crippen LogP contribution in [-0.2, 0) is 6.42 Å². The Balaban J connectivity index is 2.03. The normalized spacial score (nSPS) is 13.5. The van der Waals surface area contributed by atoms with Gasteiger partial charge in [-0.05, 0) is 50.3 Å². The first-order chi connectivity index (χ1) is 10.00. The second-order valence-electron chi connectivity index (χ2n) is 6.90. The molecule has 1 aromatic heterocycles. The van der Waals surface area contributed by atoms with Crippen molar-refractivity contribution in [2.75, 3.05) is 6.54 Å². The summed E-state index contributed by atoms with van der Waals surface area (Å²) in [5.41, 5.74) is 2.56. The zero-order chi connectivity index (χ0) is 15.3. The molecule has 1 unspecified atom stereocenters. The quantitative estimate of drug-likeness (QED) is 0.805. The molecule has 1 aromatic carbocycles. The molecule has 2 heteroatoms. The van der Waals surface area contributed by atoms with Crippen LogP contribution in [0.25, 0.3) is 10.9 Å². The highest BCUT2D eigenvalue weighted by atomic mass is 14.9. The summed E-state index contributed by atoms with van der Waals surface area (Å²) in [6.45, 7) is 10.3. The van der Waals surface area contributed by atoms with Crippen molar-refractivity contribution >= 4 is 10.9 Å². The van der Waals surface area contributed by atoms with Gasteiger partial charge in [0.15, 0.2) is 0 Å². The SMILES string of the molecule is CCCNC(C)CC(C)(C)Cc1ccc2ccccc2n1. The Morgan fingerprint density at radius 3 is 2.67 bits per heavy atom. The van der Waals surface area contributed by atoms with Crippen LogP contribution in [0.2, 0.25) is 0 Å². The summed E-state index contributed by atoms with van der Waals surface area (Å²) in [6.07, 6.45) is 3.38. The highest BCUT2D eigenvalue weighted by Crippen LogP contribution is 2.27. The first kappa shape index (κ1) is 16.0. The topological polar surface area (TPSA) is 24.9 Å². The number of rotatable bonds is 7. The van der Waals surface area contributed by atoms with Gasteiger partial charge in [-0.3, -0.25) is 4.98 Å². The van der Waals surface area contributed by atoms with Crippen molar-refractivity contribution in [3.05, 3.63) is 42.1 Å². The Bertz CT molecular complexity index is 575. The number of hydrogen-bond donors (Lipinski definition) is 1. The summed E-state index contributed by atoms with van der Waals surface area (Å²) in [7, 11) is 0. The molecular formula is C19H28N2. The van der Waals surface area contributed by atoms with Crippen LogP contribution in [0.1, 0.15) is 46.2 Å². The van der Waals surface area contributed by atoms with E-state index in [9.17, 15) is 0 Å². The van der Waals surface area contributed by atoms with Crippen molar-refractivity contribution in [2.24, 2.45) is 5.41 Å². The van der Waals surface area contributed by atoms with Gasteiger partial charge < -0.3 is 5.32 Å². The standard InChI is InChI=1S/C19H28N2/c1-5-12-20-15(2)13-19(3,4)14-17-11-10-16-8-6-7-9-18(16)21-17/h6-11,15,20H,5,12-14H2,1-4H3. The molecule has 114 valence electrons. The van der Waals surface area contributed by atoms with Crippen LogP contribution >= 0.6 is 0 Å². The molecule has 0 saturated heterocycles. The van der Waals surface area contributed by atoms with Crippen LogP contribution in [0.3, 0.4) is 0 Å². The molecule has 0 amide bonds. The number of nitrogens with one attached hydrogen (secondary N) is 1. The molecule has 0 spiro atoms. The van der Waals surface area contributed by atoms with E-state index in [1.54, 1.807) is 0 Å². The number of para-hydroxylation sites is 1. The number of fused-ring (bicyclic) bond motifs is 1. The molecule has 1 heterocycles. The lowest BCUT2D eigenvalue weighted by Crippen LogP contribution is -2.32. The summed E-state index contributed by atoms with van der Waals surface area (Å²) in [6, 6.07) is 13.3. The molecule has 0 bridgehead atoms. The summed E-state index contributed by atoms with van der Waals surface area (Å²) in [5.74, 6) is 0. The van der Waals surface area contributed by atoms with E-state index in [1.807, 2.05) is 0 Å². The largest absolute Gasteiger partial charge is 0.314 e. The third kappa shape index (κ3) is 4.82. The second-order valence-corrected chi connectivity index (χ2v) is 6.90. The zero-order valence-corrected chi connectivity index (χ0v) is 13.8. The van der Waals surface area contributed by atoms with Gasteiger partial charge in [0.05, 0.1) is 5.52 Å². The van der Waals surface area contributed by atoms with Gasteiger partial charge in [-0.15, -0.1) is 0 Å². The third-order valence-electron chi connectivity index (χ3n) is 3.92. The number of pyridine rings is 1. The van der Waals surface area contributed by atoms with Crippen molar-refractivity contribution in [1.29, 1.82) is 0 Å². The molecule has 1 atom stereocenters. The third-order valence-corrected chi connectivity index (χ3v) is 3.92. The van der Waals surface area contributed by atoms with E-state index in [0.717, 1.165) is 18.5 Å². The van der Waals surface area contributed by atoms with Gasteiger partial charge >= 0.3 is 0 Å². The minimum atomic E-state index is 0.260. The minimum Gasteiger partial charge on any atom is -0.314 e. The van der Waals surface area contributed by atoms with Gasteiger partial charge in [0, 0.05) is 17.1 Å². The smallest absolute Gasteiger partial charge is 0.0705 e. The summed E-state index contributed by atoms with van der Waals surface area (Å²) < 4.78 is 0. The maximum atomic E-state index is 4.81. The van der Waals surface area contributed by atoms with Crippen LogP contribution < -0.4 is 5.32 Å². The highest BCUT2D eigenvalue weighted by molar-refractivity contribution is 5.78. The Labute approximate surface area is 129 Å². The number of nitrogens with zero attached hydrogens (tertiary/aromatic N) is 1. The lowest BCUT2D eigenvalue weighted by Gasteiger charge is -2.28. The summed E-state index contributed by atoms with van der Waals surface area (Å²) >= 11 is 0. The van der Waals surface area contributed by atoms with E-state index >= 15 is 0 Å². The lowest BCUT2D eigenvalue weighted by atomic mass is 9.81. The minimum absolute atomic E-state index is 0.260. The predicted octanol–water partition coefficient (Wildman–Crippen LogP) is 4.58. The van der Waals surface area contributed by atoms with E-state index in [4.69, 9.17) is 4.98 Å². The van der Waals surface area contributed by atoms with Gasteiger partial charge in [-0.25, -0.2) is 0 Å². The van der Waals surface area contributed by atoms with Crippen molar-refractivity contribution < 1.29 is 0 Å². The Morgan fingerprint density at radius 1 is 1.14 bits per heavy atom. The van der Waals surface area contributed by atoms with Gasteiger partial charge in [0.1, 0.15) is 0 Å². The number of benzene rings is 1. The molecule has 0 aliphatic heterocycles. The van der Waals surface area contributed by atoms with E-state index in [1.165, 1.54) is 23.9 Å². The predicted molar refractivity (Wildman–Crippen MR) is 91.6 cm³/mol. The van der Waals surface area contributed by atoms with Crippen LogP contribution in [0.4, 0.5) is 0 Å². The fraction of sp³-hybridized carbons (Fsp3) is 0.526. The van der Waals surface area contributed by atoms with Crippen molar-refractivity contribution in [3.63, 3.8) is 0 Å². The second kappa shape index (κ2) is 7.04. The first-order valence-electron chi connectivity index (χ1n) is 8.08. The van der Waals surface area contributed by atoms with Crippen LogP contribution in [0.15, 0.2) is 36.4 Å². The van der Waals surface area contributed by atoms with Crippen LogP contribution in [0.5, 0.6) is 0 Å². The molecule has 2 aromatic rings. The fourth-order valence-electron chi connectivity index (χ4n) is 3.06. The Hall–Kier alpha value is -1.41. The van der Waals surface area contributed by atoms with Crippen molar-refractivity contribution in [2.45, 2.75) is 53.0 Å².